The highest BCUT2D eigenvalue weighted by molar-refractivity contribution is 7.10. The number of halogens is 1. The number of rotatable bonds is 4. The molecule has 0 bridgehead atoms. The van der Waals surface area contributed by atoms with E-state index in [-0.39, 0.29) is 0 Å². The molecule has 0 spiro atoms. The number of hydrogen-bond acceptors (Lipinski definition) is 5. The van der Waals surface area contributed by atoms with Crippen LogP contribution in [-0.4, -0.2) is 36.9 Å². The van der Waals surface area contributed by atoms with Gasteiger partial charge in [-0.05, 0) is 39.3 Å². The summed E-state index contributed by atoms with van der Waals surface area (Å²) >= 11 is 7.36. The van der Waals surface area contributed by atoms with E-state index in [1.165, 1.54) is 30.1 Å². The van der Waals surface area contributed by atoms with Gasteiger partial charge in [-0.3, -0.25) is 9.58 Å². The van der Waals surface area contributed by atoms with E-state index < -0.39 is 0 Å². The van der Waals surface area contributed by atoms with Crippen molar-refractivity contribution in [3.05, 3.63) is 27.5 Å². The number of nitrogens with zero attached hydrogens (tertiary/aromatic N) is 5. The van der Waals surface area contributed by atoms with Gasteiger partial charge in [0.1, 0.15) is 10.0 Å². The van der Waals surface area contributed by atoms with Crippen LogP contribution in [0.4, 0.5) is 0 Å². The van der Waals surface area contributed by atoms with Crippen molar-refractivity contribution in [3.8, 4) is 0 Å². The largest absolute Gasteiger partial charge is 0.293 e. The first-order valence-corrected chi connectivity index (χ1v) is 8.00. The second-order valence-corrected chi connectivity index (χ2v) is 6.73. The summed E-state index contributed by atoms with van der Waals surface area (Å²) in [5.74, 6) is 0. The highest BCUT2D eigenvalue weighted by atomic mass is 35.5. The average Bonchev–Trinajstić information content (AvgIpc) is 3.06. The lowest BCUT2D eigenvalue weighted by molar-refractivity contribution is 0.215. The molecule has 20 heavy (non-hydrogen) atoms. The van der Waals surface area contributed by atoms with Crippen LogP contribution in [0.2, 0.25) is 4.34 Å². The van der Waals surface area contributed by atoms with Crippen LogP contribution in [-0.2, 0) is 13.1 Å². The molecular weight excluding hydrogens is 294 g/mol. The van der Waals surface area contributed by atoms with Gasteiger partial charge in [0, 0.05) is 29.8 Å². The van der Waals surface area contributed by atoms with Gasteiger partial charge in [0.15, 0.2) is 0 Å². The molecule has 2 aromatic heterocycles. The number of aromatic nitrogens is 4. The van der Waals surface area contributed by atoms with Crippen molar-refractivity contribution in [2.75, 3.05) is 6.54 Å². The Morgan fingerprint density at radius 1 is 1.45 bits per heavy atom. The molecule has 0 saturated carbocycles. The van der Waals surface area contributed by atoms with Crippen LogP contribution in [0.1, 0.15) is 29.9 Å². The summed E-state index contributed by atoms with van der Waals surface area (Å²) in [5, 5.41) is 8.68. The minimum atomic E-state index is 0.505. The summed E-state index contributed by atoms with van der Waals surface area (Å²) in [6.07, 6.45) is 2.42. The van der Waals surface area contributed by atoms with Crippen LogP contribution in [0, 0.1) is 13.8 Å². The molecule has 0 amide bonds. The lowest BCUT2D eigenvalue weighted by Gasteiger charge is -2.24. The van der Waals surface area contributed by atoms with Crippen molar-refractivity contribution in [3.63, 3.8) is 0 Å². The summed E-state index contributed by atoms with van der Waals surface area (Å²) < 4.78 is 6.73. The SMILES string of the molecule is Cc1cc(C)n(C[C@H]2CCCN2Cc2nnsc2Cl)n1. The van der Waals surface area contributed by atoms with Gasteiger partial charge in [0.25, 0.3) is 0 Å². The Morgan fingerprint density at radius 3 is 2.95 bits per heavy atom. The summed E-state index contributed by atoms with van der Waals surface area (Å²) in [6.45, 7) is 6.98. The van der Waals surface area contributed by atoms with Gasteiger partial charge in [-0.2, -0.15) is 5.10 Å². The molecule has 1 aliphatic heterocycles. The molecule has 1 saturated heterocycles. The summed E-state index contributed by atoms with van der Waals surface area (Å²) in [6, 6.07) is 2.63. The molecule has 3 rings (SSSR count). The Balaban J connectivity index is 1.69. The van der Waals surface area contributed by atoms with Crippen LogP contribution >= 0.6 is 23.1 Å². The lowest BCUT2D eigenvalue weighted by Crippen LogP contribution is -2.33. The monoisotopic (exact) mass is 311 g/mol. The van der Waals surface area contributed by atoms with E-state index in [0.29, 0.717) is 10.4 Å². The van der Waals surface area contributed by atoms with Gasteiger partial charge in [-0.15, -0.1) is 5.10 Å². The van der Waals surface area contributed by atoms with Crippen molar-refractivity contribution < 1.29 is 0 Å². The smallest absolute Gasteiger partial charge is 0.138 e. The molecule has 1 aliphatic rings. The van der Waals surface area contributed by atoms with Crippen molar-refractivity contribution in [1.82, 2.24) is 24.3 Å². The van der Waals surface area contributed by atoms with Crippen LogP contribution in [0.3, 0.4) is 0 Å². The fraction of sp³-hybridized carbons (Fsp3) is 0.615. The van der Waals surface area contributed by atoms with Gasteiger partial charge in [-0.25, -0.2) is 0 Å². The molecule has 0 radical (unpaired) electrons. The third-order valence-electron chi connectivity index (χ3n) is 3.85. The third-order valence-corrected chi connectivity index (χ3v) is 4.83. The molecule has 0 N–H and O–H groups in total. The van der Waals surface area contributed by atoms with Crippen molar-refractivity contribution in [2.45, 2.75) is 45.8 Å². The Kier molecular flexibility index (Phi) is 4.05. The Bertz CT molecular complexity index is 593. The third kappa shape index (κ3) is 2.87. The predicted octanol–water partition coefficient (Wildman–Crippen LogP) is 2.67. The highest BCUT2D eigenvalue weighted by Crippen LogP contribution is 2.25. The minimum Gasteiger partial charge on any atom is -0.293 e. The maximum absolute atomic E-state index is 6.10. The van der Waals surface area contributed by atoms with Gasteiger partial charge in [0.05, 0.1) is 12.2 Å². The summed E-state index contributed by atoms with van der Waals surface area (Å²) in [4.78, 5) is 2.44. The van der Waals surface area contributed by atoms with Crippen molar-refractivity contribution in [1.29, 1.82) is 0 Å². The number of likely N-dealkylation sites (tertiary alicyclic amines) is 1. The normalized spacial score (nSPS) is 19.9. The second-order valence-electron chi connectivity index (χ2n) is 5.37. The Hall–Kier alpha value is -0.980. The van der Waals surface area contributed by atoms with E-state index in [0.717, 1.165) is 31.0 Å². The molecule has 0 unspecified atom stereocenters. The van der Waals surface area contributed by atoms with Gasteiger partial charge in [0.2, 0.25) is 0 Å². The first-order valence-electron chi connectivity index (χ1n) is 6.85. The number of hydrogen-bond donors (Lipinski definition) is 0. The van der Waals surface area contributed by atoms with Gasteiger partial charge in [-0.1, -0.05) is 16.1 Å². The number of aryl methyl sites for hydroxylation is 2. The van der Waals surface area contributed by atoms with E-state index in [1.54, 1.807) is 0 Å². The first-order chi connectivity index (χ1) is 9.63. The van der Waals surface area contributed by atoms with E-state index >= 15 is 0 Å². The van der Waals surface area contributed by atoms with Crippen molar-refractivity contribution >= 4 is 23.1 Å². The zero-order chi connectivity index (χ0) is 14.1. The molecule has 5 nitrogen and oxygen atoms in total. The quantitative estimate of drug-likeness (QED) is 0.871. The minimum absolute atomic E-state index is 0.505. The highest BCUT2D eigenvalue weighted by Gasteiger charge is 2.27. The average molecular weight is 312 g/mol. The van der Waals surface area contributed by atoms with Crippen LogP contribution < -0.4 is 0 Å². The molecule has 1 fully saturated rings. The lowest BCUT2D eigenvalue weighted by atomic mass is 10.2. The van der Waals surface area contributed by atoms with E-state index in [1.807, 2.05) is 6.92 Å². The molecule has 108 valence electrons. The molecule has 0 aromatic carbocycles. The van der Waals surface area contributed by atoms with Gasteiger partial charge >= 0.3 is 0 Å². The van der Waals surface area contributed by atoms with Gasteiger partial charge < -0.3 is 0 Å². The molecular formula is C13H18ClN5S. The zero-order valence-electron chi connectivity index (χ0n) is 11.7. The molecule has 0 aliphatic carbocycles. The maximum Gasteiger partial charge on any atom is 0.138 e. The predicted molar refractivity (Wildman–Crippen MR) is 80.1 cm³/mol. The zero-order valence-corrected chi connectivity index (χ0v) is 13.3. The molecule has 1 atom stereocenters. The van der Waals surface area contributed by atoms with Crippen LogP contribution in [0.15, 0.2) is 6.07 Å². The first kappa shape index (κ1) is 14.0. The summed E-state index contributed by atoms with van der Waals surface area (Å²) in [7, 11) is 0. The fourth-order valence-electron chi connectivity index (χ4n) is 2.85. The van der Waals surface area contributed by atoms with Crippen LogP contribution in [0.5, 0.6) is 0 Å². The Labute approximate surface area is 127 Å². The summed E-state index contributed by atoms with van der Waals surface area (Å²) in [5.41, 5.74) is 3.21. The van der Waals surface area contributed by atoms with E-state index in [2.05, 4.69) is 37.3 Å². The van der Waals surface area contributed by atoms with Crippen LogP contribution in [0.25, 0.3) is 0 Å². The molecule has 7 heteroatoms. The second kappa shape index (κ2) is 5.79. The topological polar surface area (TPSA) is 46.8 Å². The fourth-order valence-corrected chi connectivity index (χ4v) is 3.47. The molecule has 2 aromatic rings. The maximum atomic E-state index is 6.10. The van der Waals surface area contributed by atoms with Crippen molar-refractivity contribution in [2.24, 2.45) is 0 Å². The van der Waals surface area contributed by atoms with E-state index in [4.69, 9.17) is 11.6 Å². The standard InChI is InChI=1S/C13H18ClN5S/c1-9-6-10(2)19(16-9)7-11-4-3-5-18(11)8-12-13(14)20-17-15-12/h6,11H,3-5,7-8H2,1-2H3/t11-/m1/s1. The van der Waals surface area contributed by atoms with E-state index in [9.17, 15) is 0 Å². The molecule has 3 heterocycles. The Morgan fingerprint density at radius 2 is 2.30 bits per heavy atom.